The minimum Gasteiger partial charge on any atom is -0.457 e. The van der Waals surface area contributed by atoms with Crippen LogP contribution in [0.15, 0.2) is 48.5 Å². The number of hydrogen-bond donors (Lipinski definition) is 0. The molecule has 0 bridgehead atoms. The Balaban J connectivity index is 2.11. The van der Waals surface area contributed by atoms with E-state index >= 15 is 0 Å². The average Bonchev–Trinajstić information content (AvgIpc) is 2.32. The zero-order valence-electron chi connectivity index (χ0n) is 9.06. The van der Waals surface area contributed by atoms with Gasteiger partial charge in [-0.2, -0.15) is 5.26 Å². The molecule has 2 nitrogen and oxygen atoms in total. The summed E-state index contributed by atoms with van der Waals surface area (Å²) >= 11 is 5.86. The summed E-state index contributed by atoms with van der Waals surface area (Å²) in [6.07, 6.45) is 0.414. The molecule has 0 aromatic heterocycles. The largest absolute Gasteiger partial charge is 0.457 e. The van der Waals surface area contributed by atoms with Crippen LogP contribution in [0, 0.1) is 11.3 Å². The van der Waals surface area contributed by atoms with E-state index in [1.165, 1.54) is 0 Å². The lowest BCUT2D eigenvalue weighted by molar-refractivity contribution is 0.482. The van der Waals surface area contributed by atoms with Crippen LogP contribution in [0.5, 0.6) is 11.5 Å². The summed E-state index contributed by atoms with van der Waals surface area (Å²) in [6.45, 7) is 0. The summed E-state index contributed by atoms with van der Waals surface area (Å²) < 4.78 is 5.62. The molecule has 0 saturated heterocycles. The van der Waals surface area contributed by atoms with Crippen LogP contribution >= 0.6 is 11.6 Å². The summed E-state index contributed by atoms with van der Waals surface area (Å²) in [5.41, 5.74) is 0.978. The van der Waals surface area contributed by atoms with Crippen molar-refractivity contribution in [2.45, 2.75) is 6.42 Å². The standard InChI is InChI=1S/C14H10ClNO/c15-12-2-1-3-14(10-12)17-13-6-4-11(5-7-13)8-9-16/h1-7,10H,8H2. The maximum absolute atomic E-state index is 8.56. The Labute approximate surface area is 105 Å². The highest BCUT2D eigenvalue weighted by molar-refractivity contribution is 6.30. The fourth-order valence-electron chi connectivity index (χ4n) is 1.43. The number of nitrogens with zero attached hydrogens (tertiary/aromatic N) is 1. The van der Waals surface area contributed by atoms with Crippen LogP contribution in [0.1, 0.15) is 5.56 Å². The number of benzene rings is 2. The van der Waals surface area contributed by atoms with E-state index in [2.05, 4.69) is 6.07 Å². The highest BCUT2D eigenvalue weighted by Crippen LogP contribution is 2.24. The second-order valence-corrected chi connectivity index (χ2v) is 3.97. The van der Waals surface area contributed by atoms with Gasteiger partial charge in [-0.1, -0.05) is 29.8 Å². The third-order valence-corrected chi connectivity index (χ3v) is 2.47. The van der Waals surface area contributed by atoms with Gasteiger partial charge < -0.3 is 4.74 Å². The topological polar surface area (TPSA) is 33.0 Å². The average molecular weight is 244 g/mol. The molecule has 0 aliphatic rings. The molecule has 0 spiro atoms. The zero-order chi connectivity index (χ0) is 12.1. The molecule has 84 valence electrons. The Morgan fingerprint density at radius 2 is 1.82 bits per heavy atom. The van der Waals surface area contributed by atoms with Gasteiger partial charge in [-0.3, -0.25) is 0 Å². The molecule has 2 aromatic rings. The first-order valence-electron chi connectivity index (χ1n) is 5.17. The van der Waals surface area contributed by atoms with E-state index in [4.69, 9.17) is 21.6 Å². The molecule has 0 heterocycles. The molecule has 3 heteroatoms. The molecular weight excluding hydrogens is 234 g/mol. The van der Waals surface area contributed by atoms with Gasteiger partial charge in [0.15, 0.2) is 0 Å². The Kier molecular flexibility index (Phi) is 3.64. The van der Waals surface area contributed by atoms with Crippen molar-refractivity contribution < 1.29 is 4.74 Å². The summed E-state index contributed by atoms with van der Waals surface area (Å²) in [5.74, 6) is 1.43. The zero-order valence-corrected chi connectivity index (χ0v) is 9.82. The Hall–Kier alpha value is -1.98. The van der Waals surface area contributed by atoms with Crippen molar-refractivity contribution in [2.75, 3.05) is 0 Å². The molecule has 0 unspecified atom stereocenters. The predicted octanol–water partition coefficient (Wildman–Crippen LogP) is 4.20. The van der Waals surface area contributed by atoms with Crippen LogP contribution in [-0.2, 0) is 6.42 Å². The molecule has 17 heavy (non-hydrogen) atoms. The van der Waals surface area contributed by atoms with E-state index in [-0.39, 0.29) is 0 Å². The summed E-state index contributed by atoms with van der Waals surface area (Å²) in [4.78, 5) is 0. The van der Waals surface area contributed by atoms with Crippen LogP contribution in [-0.4, -0.2) is 0 Å². The number of hydrogen-bond acceptors (Lipinski definition) is 2. The van der Waals surface area contributed by atoms with E-state index in [0.717, 1.165) is 11.3 Å². The number of nitriles is 1. The Morgan fingerprint density at radius 3 is 2.47 bits per heavy atom. The number of rotatable bonds is 3. The van der Waals surface area contributed by atoms with E-state index in [1.54, 1.807) is 12.1 Å². The summed E-state index contributed by atoms with van der Waals surface area (Å²) in [7, 11) is 0. The van der Waals surface area contributed by atoms with Gasteiger partial charge >= 0.3 is 0 Å². The molecule has 0 atom stereocenters. The SMILES string of the molecule is N#CCc1ccc(Oc2cccc(Cl)c2)cc1. The van der Waals surface area contributed by atoms with Crippen molar-refractivity contribution in [3.05, 3.63) is 59.1 Å². The van der Waals surface area contributed by atoms with Crippen LogP contribution in [0.2, 0.25) is 5.02 Å². The van der Waals surface area contributed by atoms with Gasteiger partial charge in [0.25, 0.3) is 0 Å². The fourth-order valence-corrected chi connectivity index (χ4v) is 1.61. The lowest BCUT2D eigenvalue weighted by Gasteiger charge is -2.06. The van der Waals surface area contributed by atoms with E-state index in [9.17, 15) is 0 Å². The monoisotopic (exact) mass is 243 g/mol. The molecule has 0 fully saturated rings. The first-order chi connectivity index (χ1) is 8.28. The van der Waals surface area contributed by atoms with Crippen molar-refractivity contribution in [2.24, 2.45) is 0 Å². The molecule has 0 radical (unpaired) electrons. The minimum absolute atomic E-state index is 0.414. The van der Waals surface area contributed by atoms with E-state index < -0.39 is 0 Å². The molecule has 0 aliphatic heterocycles. The van der Waals surface area contributed by atoms with Gasteiger partial charge in [0, 0.05) is 5.02 Å². The molecule has 0 aliphatic carbocycles. The molecule has 0 N–H and O–H groups in total. The highest BCUT2D eigenvalue weighted by atomic mass is 35.5. The fraction of sp³-hybridized carbons (Fsp3) is 0.0714. The number of ether oxygens (including phenoxy) is 1. The van der Waals surface area contributed by atoms with Crippen molar-refractivity contribution in [3.8, 4) is 17.6 Å². The maximum Gasteiger partial charge on any atom is 0.128 e. The van der Waals surface area contributed by atoms with Gasteiger partial charge in [0.2, 0.25) is 0 Å². The van der Waals surface area contributed by atoms with Gasteiger partial charge in [0.05, 0.1) is 12.5 Å². The molecule has 0 saturated carbocycles. The first-order valence-corrected chi connectivity index (χ1v) is 5.55. The third kappa shape index (κ3) is 3.24. The summed E-state index contributed by atoms with van der Waals surface area (Å²) in [6, 6.07) is 16.8. The first kappa shape index (κ1) is 11.5. The van der Waals surface area contributed by atoms with Crippen LogP contribution < -0.4 is 4.74 Å². The third-order valence-electron chi connectivity index (χ3n) is 2.24. The quantitative estimate of drug-likeness (QED) is 0.810. The lowest BCUT2D eigenvalue weighted by atomic mass is 10.2. The van der Waals surface area contributed by atoms with E-state index in [0.29, 0.717) is 17.2 Å². The Bertz CT molecular complexity index is 543. The lowest BCUT2D eigenvalue weighted by Crippen LogP contribution is -1.85. The van der Waals surface area contributed by atoms with Gasteiger partial charge in [-0.05, 0) is 35.9 Å². The van der Waals surface area contributed by atoms with Crippen molar-refractivity contribution >= 4 is 11.6 Å². The molecule has 0 amide bonds. The van der Waals surface area contributed by atoms with Gasteiger partial charge in [0.1, 0.15) is 11.5 Å². The summed E-state index contributed by atoms with van der Waals surface area (Å²) in [5, 5.41) is 9.20. The second kappa shape index (κ2) is 5.38. The molecule has 2 rings (SSSR count). The van der Waals surface area contributed by atoms with Crippen molar-refractivity contribution in [1.29, 1.82) is 5.26 Å². The number of halogens is 1. The van der Waals surface area contributed by atoms with Crippen LogP contribution in [0.25, 0.3) is 0 Å². The Morgan fingerprint density at radius 1 is 1.06 bits per heavy atom. The normalized spacial score (nSPS) is 9.65. The van der Waals surface area contributed by atoms with E-state index in [1.807, 2.05) is 36.4 Å². The van der Waals surface area contributed by atoms with Gasteiger partial charge in [-0.25, -0.2) is 0 Å². The minimum atomic E-state index is 0.414. The highest BCUT2D eigenvalue weighted by Gasteiger charge is 1.98. The molecule has 2 aromatic carbocycles. The second-order valence-electron chi connectivity index (χ2n) is 3.54. The smallest absolute Gasteiger partial charge is 0.128 e. The van der Waals surface area contributed by atoms with Crippen LogP contribution in [0.4, 0.5) is 0 Å². The van der Waals surface area contributed by atoms with Gasteiger partial charge in [-0.15, -0.1) is 0 Å². The van der Waals surface area contributed by atoms with Crippen LogP contribution in [0.3, 0.4) is 0 Å². The maximum atomic E-state index is 8.56. The predicted molar refractivity (Wildman–Crippen MR) is 67.3 cm³/mol. The van der Waals surface area contributed by atoms with Crippen molar-refractivity contribution in [3.63, 3.8) is 0 Å². The van der Waals surface area contributed by atoms with Crippen molar-refractivity contribution in [1.82, 2.24) is 0 Å². The molecular formula is C14H10ClNO.